The van der Waals surface area contributed by atoms with Crippen LogP contribution in [0.2, 0.25) is 0 Å². The van der Waals surface area contributed by atoms with E-state index in [1.807, 2.05) is 24.3 Å². The van der Waals surface area contributed by atoms with E-state index in [1.165, 1.54) is 24.3 Å². The highest BCUT2D eigenvalue weighted by Gasteiger charge is 2.14. The highest BCUT2D eigenvalue weighted by molar-refractivity contribution is 6.03. The second kappa shape index (κ2) is 5.36. The van der Waals surface area contributed by atoms with Crippen molar-refractivity contribution in [3.05, 3.63) is 84.4 Å². The van der Waals surface area contributed by atoms with Crippen LogP contribution in [0, 0.1) is 11.6 Å². The number of aromatic amines is 1. The van der Waals surface area contributed by atoms with Crippen molar-refractivity contribution in [2.75, 3.05) is 0 Å². The Balaban J connectivity index is 2.01. The Kier molecular flexibility index (Phi) is 3.19. The average molecular weight is 305 g/mol. The van der Waals surface area contributed by atoms with Crippen LogP contribution < -0.4 is 0 Å². The van der Waals surface area contributed by atoms with E-state index in [1.54, 1.807) is 24.3 Å². The number of benzene rings is 3. The summed E-state index contributed by atoms with van der Waals surface area (Å²) in [4.78, 5) is 3.40. The van der Waals surface area contributed by atoms with Gasteiger partial charge in [-0.2, -0.15) is 0 Å². The molecule has 0 aliphatic heterocycles. The van der Waals surface area contributed by atoms with E-state index < -0.39 is 0 Å². The SMILES string of the molecule is Fc1ccc(-c2[nH]c3ccccc3c2-c2ccc(F)cc2)cc1. The molecule has 0 saturated carbocycles. The zero-order valence-corrected chi connectivity index (χ0v) is 12.2. The summed E-state index contributed by atoms with van der Waals surface area (Å²) in [5.41, 5.74) is 4.70. The summed E-state index contributed by atoms with van der Waals surface area (Å²) in [6, 6.07) is 20.7. The van der Waals surface area contributed by atoms with Crippen molar-refractivity contribution in [3.63, 3.8) is 0 Å². The van der Waals surface area contributed by atoms with Crippen molar-refractivity contribution in [3.8, 4) is 22.4 Å². The summed E-state index contributed by atoms with van der Waals surface area (Å²) in [5.74, 6) is -0.537. The van der Waals surface area contributed by atoms with Crippen LogP contribution in [0.3, 0.4) is 0 Å². The first kappa shape index (κ1) is 13.7. The largest absolute Gasteiger partial charge is 0.354 e. The molecule has 23 heavy (non-hydrogen) atoms. The van der Waals surface area contributed by atoms with E-state index in [9.17, 15) is 8.78 Å². The van der Waals surface area contributed by atoms with Crippen LogP contribution in [0.1, 0.15) is 0 Å². The number of aromatic nitrogens is 1. The number of fused-ring (bicyclic) bond motifs is 1. The molecule has 1 heterocycles. The Morgan fingerprint density at radius 1 is 0.609 bits per heavy atom. The van der Waals surface area contributed by atoms with Crippen molar-refractivity contribution >= 4 is 10.9 Å². The van der Waals surface area contributed by atoms with Gasteiger partial charge in [-0.3, -0.25) is 0 Å². The lowest BCUT2D eigenvalue weighted by molar-refractivity contribution is 0.627. The van der Waals surface area contributed by atoms with E-state index in [4.69, 9.17) is 0 Å². The molecule has 0 aliphatic carbocycles. The molecule has 0 bridgehead atoms. The van der Waals surface area contributed by atoms with E-state index in [0.29, 0.717) is 0 Å². The number of H-pyrrole nitrogens is 1. The lowest BCUT2D eigenvalue weighted by Gasteiger charge is -2.06. The predicted molar refractivity (Wildman–Crippen MR) is 89.1 cm³/mol. The van der Waals surface area contributed by atoms with E-state index in [2.05, 4.69) is 4.98 Å². The third-order valence-corrected chi connectivity index (χ3v) is 3.97. The quantitative estimate of drug-likeness (QED) is 0.483. The summed E-state index contributed by atoms with van der Waals surface area (Å²) in [6.07, 6.45) is 0. The minimum absolute atomic E-state index is 0.267. The third-order valence-electron chi connectivity index (χ3n) is 3.97. The van der Waals surface area contributed by atoms with Crippen molar-refractivity contribution in [1.29, 1.82) is 0 Å². The van der Waals surface area contributed by atoms with Gasteiger partial charge in [-0.1, -0.05) is 30.3 Å². The predicted octanol–water partition coefficient (Wildman–Crippen LogP) is 5.78. The van der Waals surface area contributed by atoms with Gasteiger partial charge in [0.2, 0.25) is 0 Å². The van der Waals surface area contributed by atoms with E-state index >= 15 is 0 Å². The maximum absolute atomic E-state index is 13.3. The number of nitrogens with one attached hydrogen (secondary N) is 1. The molecule has 112 valence electrons. The van der Waals surface area contributed by atoms with Crippen LogP contribution in [-0.4, -0.2) is 4.98 Å². The number of hydrogen-bond donors (Lipinski definition) is 1. The van der Waals surface area contributed by atoms with Crippen molar-refractivity contribution < 1.29 is 8.78 Å². The van der Waals surface area contributed by atoms with Gasteiger partial charge >= 0.3 is 0 Å². The van der Waals surface area contributed by atoms with Crippen LogP contribution in [0.25, 0.3) is 33.3 Å². The topological polar surface area (TPSA) is 15.8 Å². The maximum atomic E-state index is 13.3. The summed E-state index contributed by atoms with van der Waals surface area (Å²) in [6.45, 7) is 0. The molecule has 0 saturated heterocycles. The molecule has 4 aromatic rings. The Hall–Kier alpha value is -2.94. The lowest BCUT2D eigenvalue weighted by atomic mass is 9.98. The van der Waals surface area contributed by atoms with Gasteiger partial charge in [-0.05, 0) is 53.6 Å². The molecule has 0 fully saturated rings. The van der Waals surface area contributed by atoms with Crippen LogP contribution in [0.4, 0.5) is 8.78 Å². The van der Waals surface area contributed by atoms with Gasteiger partial charge in [0.15, 0.2) is 0 Å². The average Bonchev–Trinajstić information content (AvgIpc) is 2.96. The maximum Gasteiger partial charge on any atom is 0.123 e. The van der Waals surface area contributed by atoms with Gasteiger partial charge in [-0.25, -0.2) is 8.78 Å². The standard InChI is InChI=1S/C20H13F2N/c21-15-9-5-13(6-10-15)19-17-3-1-2-4-18(17)23-20(19)14-7-11-16(22)12-8-14/h1-12,23H. The highest BCUT2D eigenvalue weighted by Crippen LogP contribution is 2.38. The first-order chi connectivity index (χ1) is 11.2. The third kappa shape index (κ3) is 2.40. The molecule has 0 spiro atoms. The van der Waals surface area contributed by atoms with Crippen LogP contribution in [-0.2, 0) is 0 Å². The van der Waals surface area contributed by atoms with Crippen LogP contribution in [0.5, 0.6) is 0 Å². The fourth-order valence-corrected chi connectivity index (χ4v) is 2.89. The van der Waals surface area contributed by atoms with Crippen LogP contribution >= 0.6 is 0 Å². The monoisotopic (exact) mass is 305 g/mol. The molecular formula is C20H13F2N. The van der Waals surface area contributed by atoms with Gasteiger partial charge in [0.25, 0.3) is 0 Å². The number of hydrogen-bond acceptors (Lipinski definition) is 0. The van der Waals surface area contributed by atoms with Crippen molar-refractivity contribution in [2.45, 2.75) is 0 Å². The molecule has 1 aromatic heterocycles. The highest BCUT2D eigenvalue weighted by atomic mass is 19.1. The van der Waals surface area contributed by atoms with Gasteiger partial charge in [-0.15, -0.1) is 0 Å². The first-order valence-electron chi connectivity index (χ1n) is 7.35. The summed E-state index contributed by atoms with van der Waals surface area (Å²) >= 11 is 0. The molecule has 3 aromatic carbocycles. The molecule has 1 nitrogen and oxygen atoms in total. The summed E-state index contributed by atoms with van der Waals surface area (Å²) in [5, 5.41) is 1.05. The van der Waals surface area contributed by atoms with Crippen LogP contribution in [0.15, 0.2) is 72.8 Å². The Labute approximate surface area is 132 Å². The zero-order valence-electron chi connectivity index (χ0n) is 12.2. The Morgan fingerprint density at radius 3 is 1.83 bits per heavy atom. The van der Waals surface area contributed by atoms with Crippen molar-refractivity contribution in [2.24, 2.45) is 0 Å². The fourth-order valence-electron chi connectivity index (χ4n) is 2.89. The van der Waals surface area contributed by atoms with Gasteiger partial charge in [0, 0.05) is 16.5 Å². The Morgan fingerprint density at radius 2 is 1.17 bits per heavy atom. The second-order valence-electron chi connectivity index (χ2n) is 5.43. The zero-order chi connectivity index (χ0) is 15.8. The lowest BCUT2D eigenvalue weighted by Crippen LogP contribution is -1.84. The molecule has 0 radical (unpaired) electrons. The summed E-state index contributed by atoms with van der Waals surface area (Å²) < 4.78 is 26.5. The molecule has 0 amide bonds. The smallest absolute Gasteiger partial charge is 0.123 e. The van der Waals surface area contributed by atoms with Crippen molar-refractivity contribution in [1.82, 2.24) is 4.98 Å². The normalized spacial score (nSPS) is 11.0. The number of rotatable bonds is 2. The van der Waals surface area contributed by atoms with E-state index in [0.717, 1.165) is 33.3 Å². The molecule has 0 aliphatic rings. The summed E-state index contributed by atoms with van der Waals surface area (Å²) in [7, 11) is 0. The molecule has 4 rings (SSSR count). The molecular weight excluding hydrogens is 292 g/mol. The first-order valence-corrected chi connectivity index (χ1v) is 7.35. The van der Waals surface area contributed by atoms with E-state index in [-0.39, 0.29) is 11.6 Å². The van der Waals surface area contributed by atoms with Gasteiger partial charge in [0.05, 0.1) is 5.69 Å². The molecule has 1 N–H and O–H groups in total. The van der Waals surface area contributed by atoms with Gasteiger partial charge in [0.1, 0.15) is 11.6 Å². The van der Waals surface area contributed by atoms with Gasteiger partial charge < -0.3 is 4.98 Å². The number of halogens is 2. The molecule has 3 heteroatoms. The Bertz CT molecular complexity index is 967. The number of para-hydroxylation sites is 1. The molecule has 0 atom stereocenters. The molecule has 0 unspecified atom stereocenters. The second-order valence-corrected chi connectivity index (χ2v) is 5.43. The minimum Gasteiger partial charge on any atom is -0.354 e. The minimum atomic E-state index is -0.270. The fraction of sp³-hybridized carbons (Fsp3) is 0.